The van der Waals surface area contributed by atoms with Gasteiger partial charge in [0.15, 0.2) is 0 Å². The fourth-order valence-corrected chi connectivity index (χ4v) is 2.76. The first-order chi connectivity index (χ1) is 10.7. The second-order valence-electron chi connectivity index (χ2n) is 5.43. The van der Waals surface area contributed by atoms with Gasteiger partial charge in [-0.15, -0.1) is 0 Å². The van der Waals surface area contributed by atoms with Crippen LogP contribution < -0.4 is 0 Å². The summed E-state index contributed by atoms with van der Waals surface area (Å²) in [7, 11) is 0. The molecule has 1 amide bonds. The maximum atomic E-state index is 13.3. The van der Waals surface area contributed by atoms with Crippen LogP contribution in [-0.2, 0) is 11.2 Å². The highest BCUT2D eigenvalue weighted by Gasteiger charge is 2.28. The molecule has 0 saturated carbocycles. The normalized spacial score (nSPS) is 18.2. The van der Waals surface area contributed by atoms with Crippen LogP contribution in [0.1, 0.15) is 15.9 Å². The predicted octanol–water partition coefficient (Wildman–Crippen LogP) is 2.91. The highest BCUT2D eigenvalue weighted by Crippen LogP contribution is 2.17. The number of hydrogen-bond acceptors (Lipinski definition) is 2. The van der Waals surface area contributed by atoms with Crippen LogP contribution in [0.4, 0.5) is 4.39 Å². The lowest BCUT2D eigenvalue weighted by Crippen LogP contribution is -2.49. The van der Waals surface area contributed by atoms with E-state index in [0.29, 0.717) is 25.3 Å². The number of amides is 1. The molecular formula is C18H18FNO2. The van der Waals surface area contributed by atoms with Crippen molar-refractivity contribution in [1.29, 1.82) is 0 Å². The number of halogens is 1. The molecule has 22 heavy (non-hydrogen) atoms. The Kier molecular flexibility index (Phi) is 4.49. The maximum Gasteiger partial charge on any atom is 0.254 e. The molecule has 0 bridgehead atoms. The van der Waals surface area contributed by atoms with Crippen molar-refractivity contribution in [2.45, 2.75) is 12.5 Å². The molecule has 1 atom stereocenters. The lowest BCUT2D eigenvalue weighted by Gasteiger charge is -2.36. The van der Waals surface area contributed by atoms with Gasteiger partial charge in [-0.2, -0.15) is 0 Å². The van der Waals surface area contributed by atoms with Crippen LogP contribution >= 0.6 is 0 Å². The number of rotatable bonds is 3. The lowest BCUT2D eigenvalue weighted by molar-refractivity contribution is -0.00165. The monoisotopic (exact) mass is 299 g/mol. The molecule has 3 nitrogen and oxygen atoms in total. The van der Waals surface area contributed by atoms with E-state index in [-0.39, 0.29) is 11.9 Å². The summed E-state index contributed by atoms with van der Waals surface area (Å²) >= 11 is 0. The van der Waals surface area contributed by atoms with Crippen molar-refractivity contribution in [2.24, 2.45) is 0 Å². The van der Waals surface area contributed by atoms with E-state index in [4.69, 9.17) is 4.74 Å². The molecule has 1 heterocycles. The van der Waals surface area contributed by atoms with Gasteiger partial charge in [-0.3, -0.25) is 4.79 Å². The molecule has 0 aromatic heterocycles. The van der Waals surface area contributed by atoms with Gasteiger partial charge in [0.25, 0.3) is 5.91 Å². The molecule has 0 spiro atoms. The van der Waals surface area contributed by atoms with Crippen molar-refractivity contribution in [3.05, 3.63) is 71.5 Å². The van der Waals surface area contributed by atoms with E-state index >= 15 is 0 Å². The van der Waals surface area contributed by atoms with E-state index < -0.39 is 5.82 Å². The molecule has 1 aliphatic rings. The Morgan fingerprint density at radius 3 is 2.77 bits per heavy atom. The van der Waals surface area contributed by atoms with E-state index in [1.807, 2.05) is 30.3 Å². The quantitative estimate of drug-likeness (QED) is 0.872. The summed E-state index contributed by atoms with van der Waals surface area (Å²) in [5.41, 5.74) is 1.55. The Morgan fingerprint density at radius 2 is 2.00 bits per heavy atom. The maximum absolute atomic E-state index is 13.3. The Hall–Kier alpha value is -2.20. The molecule has 2 aromatic carbocycles. The Labute approximate surface area is 129 Å². The molecule has 0 N–H and O–H groups in total. The third-order valence-corrected chi connectivity index (χ3v) is 3.87. The predicted molar refractivity (Wildman–Crippen MR) is 82.2 cm³/mol. The zero-order valence-corrected chi connectivity index (χ0v) is 12.2. The van der Waals surface area contributed by atoms with Crippen molar-refractivity contribution < 1.29 is 13.9 Å². The molecule has 0 aliphatic carbocycles. The van der Waals surface area contributed by atoms with Crippen LogP contribution in [0.5, 0.6) is 0 Å². The second-order valence-corrected chi connectivity index (χ2v) is 5.43. The smallest absolute Gasteiger partial charge is 0.254 e. The van der Waals surface area contributed by atoms with E-state index in [1.165, 1.54) is 12.1 Å². The van der Waals surface area contributed by atoms with Crippen molar-refractivity contribution in [3.8, 4) is 0 Å². The van der Waals surface area contributed by atoms with Crippen molar-refractivity contribution in [1.82, 2.24) is 4.90 Å². The Balaban J connectivity index is 1.79. The molecule has 4 heteroatoms. The standard InChI is InChI=1S/C18H18FNO2/c19-16-8-4-7-15(12-16)18(21)20-9-10-22-13-17(20)11-14-5-2-1-3-6-14/h1-8,12,17H,9-11,13H2. The van der Waals surface area contributed by atoms with Gasteiger partial charge < -0.3 is 9.64 Å². The minimum absolute atomic E-state index is 0.0214. The third-order valence-electron chi connectivity index (χ3n) is 3.87. The topological polar surface area (TPSA) is 29.5 Å². The zero-order chi connectivity index (χ0) is 15.4. The number of hydrogen-bond donors (Lipinski definition) is 0. The summed E-state index contributed by atoms with van der Waals surface area (Å²) in [6, 6.07) is 15.8. The number of carbonyl (C=O) groups is 1. The molecular weight excluding hydrogens is 281 g/mol. The van der Waals surface area contributed by atoms with Crippen LogP contribution in [0.25, 0.3) is 0 Å². The van der Waals surface area contributed by atoms with Gasteiger partial charge in [-0.05, 0) is 30.2 Å². The van der Waals surface area contributed by atoms with E-state index in [0.717, 1.165) is 12.0 Å². The minimum atomic E-state index is -0.390. The van der Waals surface area contributed by atoms with Crippen LogP contribution in [0.3, 0.4) is 0 Å². The summed E-state index contributed by atoms with van der Waals surface area (Å²) in [5, 5.41) is 0. The van der Waals surface area contributed by atoms with Crippen molar-refractivity contribution in [2.75, 3.05) is 19.8 Å². The average molecular weight is 299 g/mol. The van der Waals surface area contributed by atoms with Crippen molar-refractivity contribution >= 4 is 5.91 Å². The summed E-state index contributed by atoms with van der Waals surface area (Å²) in [6.45, 7) is 1.56. The van der Waals surface area contributed by atoms with Gasteiger partial charge in [-0.1, -0.05) is 36.4 Å². The molecule has 3 rings (SSSR count). The van der Waals surface area contributed by atoms with Gasteiger partial charge in [0, 0.05) is 12.1 Å². The van der Waals surface area contributed by atoms with Gasteiger partial charge in [-0.25, -0.2) is 4.39 Å². The lowest BCUT2D eigenvalue weighted by atomic mass is 10.0. The SMILES string of the molecule is O=C(c1cccc(F)c1)N1CCOCC1Cc1ccccc1. The number of benzene rings is 2. The molecule has 114 valence electrons. The van der Waals surface area contributed by atoms with Crippen LogP contribution in [-0.4, -0.2) is 36.6 Å². The largest absolute Gasteiger partial charge is 0.377 e. The molecule has 1 unspecified atom stereocenters. The minimum Gasteiger partial charge on any atom is -0.377 e. The van der Waals surface area contributed by atoms with E-state index in [2.05, 4.69) is 0 Å². The Morgan fingerprint density at radius 1 is 1.18 bits per heavy atom. The zero-order valence-electron chi connectivity index (χ0n) is 12.2. The summed E-state index contributed by atoms with van der Waals surface area (Å²) < 4.78 is 18.9. The van der Waals surface area contributed by atoms with Crippen molar-refractivity contribution in [3.63, 3.8) is 0 Å². The van der Waals surface area contributed by atoms with Crippen LogP contribution in [0, 0.1) is 5.82 Å². The van der Waals surface area contributed by atoms with Crippen LogP contribution in [0.2, 0.25) is 0 Å². The first kappa shape index (κ1) is 14.7. The van der Waals surface area contributed by atoms with E-state index in [9.17, 15) is 9.18 Å². The third kappa shape index (κ3) is 3.34. The van der Waals surface area contributed by atoms with Gasteiger partial charge in [0.1, 0.15) is 5.82 Å². The van der Waals surface area contributed by atoms with E-state index in [1.54, 1.807) is 17.0 Å². The van der Waals surface area contributed by atoms with Gasteiger partial charge >= 0.3 is 0 Å². The highest BCUT2D eigenvalue weighted by atomic mass is 19.1. The number of carbonyl (C=O) groups excluding carboxylic acids is 1. The average Bonchev–Trinajstić information content (AvgIpc) is 2.56. The molecule has 1 saturated heterocycles. The molecule has 2 aromatic rings. The summed E-state index contributed by atoms with van der Waals surface area (Å²) in [5.74, 6) is -0.526. The summed E-state index contributed by atoms with van der Waals surface area (Å²) in [6.07, 6.45) is 0.738. The molecule has 0 radical (unpaired) electrons. The first-order valence-electron chi connectivity index (χ1n) is 7.42. The fraction of sp³-hybridized carbons (Fsp3) is 0.278. The molecule has 1 aliphatic heterocycles. The van der Waals surface area contributed by atoms with Gasteiger partial charge in [0.2, 0.25) is 0 Å². The number of nitrogens with zero attached hydrogens (tertiary/aromatic N) is 1. The number of morpholine rings is 1. The highest BCUT2D eigenvalue weighted by molar-refractivity contribution is 5.94. The molecule has 1 fully saturated rings. The first-order valence-corrected chi connectivity index (χ1v) is 7.42. The number of ether oxygens (including phenoxy) is 1. The van der Waals surface area contributed by atoms with Gasteiger partial charge in [0.05, 0.1) is 19.3 Å². The van der Waals surface area contributed by atoms with Crippen LogP contribution in [0.15, 0.2) is 54.6 Å². The Bertz CT molecular complexity index is 645. The summed E-state index contributed by atoms with van der Waals surface area (Å²) in [4.78, 5) is 14.5. The fourth-order valence-electron chi connectivity index (χ4n) is 2.76. The second kappa shape index (κ2) is 6.71.